The second-order valence-electron chi connectivity index (χ2n) is 4.26. The van der Waals surface area contributed by atoms with Gasteiger partial charge in [-0.25, -0.2) is 9.78 Å². The molecule has 0 saturated heterocycles. The van der Waals surface area contributed by atoms with Gasteiger partial charge in [-0.2, -0.15) is 0 Å². The number of aromatic nitrogens is 1. The number of nitrogens with one attached hydrogen (secondary N) is 1. The minimum absolute atomic E-state index is 0.112. The number of esters is 1. The molecular formula is C14H14N2O4. The highest BCUT2D eigenvalue weighted by molar-refractivity contribution is 6.07. The molecule has 0 fully saturated rings. The Morgan fingerprint density at radius 3 is 2.65 bits per heavy atom. The second kappa shape index (κ2) is 5.56. The molecule has 20 heavy (non-hydrogen) atoms. The summed E-state index contributed by atoms with van der Waals surface area (Å²) in [5.41, 5.74) is 2.02. The van der Waals surface area contributed by atoms with Crippen LogP contribution in [0.4, 0.5) is 5.69 Å². The van der Waals surface area contributed by atoms with Crippen LogP contribution in [-0.4, -0.2) is 24.0 Å². The van der Waals surface area contributed by atoms with E-state index in [1.807, 2.05) is 6.92 Å². The van der Waals surface area contributed by atoms with E-state index >= 15 is 0 Å². The van der Waals surface area contributed by atoms with Crippen molar-refractivity contribution in [3.63, 3.8) is 0 Å². The fourth-order valence-corrected chi connectivity index (χ4v) is 1.74. The largest absolute Gasteiger partial charge is 0.465 e. The number of nitrogens with zero attached hydrogens (tertiary/aromatic N) is 1. The summed E-state index contributed by atoms with van der Waals surface area (Å²) < 4.78 is 9.71. The Morgan fingerprint density at radius 1 is 1.30 bits per heavy atom. The average Bonchev–Trinajstić information content (AvgIpc) is 2.86. The molecule has 0 atom stereocenters. The third-order valence-electron chi connectivity index (χ3n) is 2.78. The highest BCUT2D eigenvalue weighted by atomic mass is 16.5. The van der Waals surface area contributed by atoms with Crippen LogP contribution in [0.5, 0.6) is 0 Å². The average molecular weight is 274 g/mol. The van der Waals surface area contributed by atoms with Crippen molar-refractivity contribution >= 4 is 17.6 Å². The van der Waals surface area contributed by atoms with Gasteiger partial charge in [0.1, 0.15) is 0 Å². The Hall–Kier alpha value is -2.63. The first kappa shape index (κ1) is 13.8. The minimum atomic E-state index is -0.515. The summed E-state index contributed by atoms with van der Waals surface area (Å²) in [6, 6.07) is 5.08. The highest BCUT2D eigenvalue weighted by Gasteiger charge is 2.18. The van der Waals surface area contributed by atoms with E-state index in [9.17, 15) is 9.59 Å². The van der Waals surface area contributed by atoms with Gasteiger partial charge in [0.15, 0.2) is 6.39 Å². The quantitative estimate of drug-likeness (QED) is 0.869. The van der Waals surface area contributed by atoms with Gasteiger partial charge in [0.25, 0.3) is 5.91 Å². The van der Waals surface area contributed by atoms with Crippen LogP contribution in [-0.2, 0) is 4.74 Å². The van der Waals surface area contributed by atoms with E-state index in [4.69, 9.17) is 9.15 Å². The molecule has 1 heterocycles. The number of benzene rings is 1. The van der Waals surface area contributed by atoms with Crippen LogP contribution in [0.2, 0.25) is 0 Å². The smallest absolute Gasteiger partial charge is 0.339 e. The van der Waals surface area contributed by atoms with Gasteiger partial charge >= 0.3 is 5.97 Å². The lowest BCUT2D eigenvalue weighted by molar-refractivity contribution is 0.0602. The van der Waals surface area contributed by atoms with E-state index in [2.05, 4.69) is 10.3 Å². The van der Waals surface area contributed by atoms with Crippen LogP contribution >= 0.6 is 0 Å². The number of oxazole rings is 1. The molecule has 0 aliphatic rings. The minimum Gasteiger partial charge on any atom is -0.465 e. The van der Waals surface area contributed by atoms with Crippen molar-refractivity contribution in [2.24, 2.45) is 0 Å². The number of methoxy groups -OCH3 is 1. The number of hydrogen-bond acceptors (Lipinski definition) is 5. The maximum atomic E-state index is 12.0. The zero-order valence-corrected chi connectivity index (χ0v) is 11.4. The summed E-state index contributed by atoms with van der Waals surface area (Å²) in [4.78, 5) is 27.6. The lowest BCUT2D eigenvalue weighted by Crippen LogP contribution is -2.16. The first-order valence-electron chi connectivity index (χ1n) is 5.93. The van der Waals surface area contributed by atoms with Crippen LogP contribution in [0.1, 0.15) is 32.2 Å². The molecule has 2 rings (SSSR count). The van der Waals surface area contributed by atoms with Gasteiger partial charge < -0.3 is 14.5 Å². The first-order chi connectivity index (χ1) is 9.52. The topological polar surface area (TPSA) is 81.4 Å². The maximum Gasteiger partial charge on any atom is 0.339 e. The SMILES string of the molecule is COC(=O)c1cc(C)ccc1NC(=O)c1ocnc1C. The van der Waals surface area contributed by atoms with Gasteiger partial charge in [0.2, 0.25) is 5.76 Å². The van der Waals surface area contributed by atoms with Crippen molar-refractivity contribution < 1.29 is 18.7 Å². The van der Waals surface area contributed by atoms with Crippen molar-refractivity contribution in [1.82, 2.24) is 4.98 Å². The van der Waals surface area contributed by atoms with Crippen LogP contribution in [0.25, 0.3) is 0 Å². The number of carbonyl (C=O) groups excluding carboxylic acids is 2. The van der Waals surface area contributed by atoms with E-state index in [0.29, 0.717) is 11.4 Å². The van der Waals surface area contributed by atoms with Crippen molar-refractivity contribution in [3.05, 3.63) is 47.2 Å². The summed E-state index contributed by atoms with van der Waals surface area (Å²) in [6.07, 6.45) is 1.20. The number of hydrogen-bond donors (Lipinski definition) is 1. The first-order valence-corrected chi connectivity index (χ1v) is 5.93. The highest BCUT2D eigenvalue weighted by Crippen LogP contribution is 2.20. The Bertz CT molecular complexity index is 661. The Labute approximate surface area is 115 Å². The van der Waals surface area contributed by atoms with E-state index in [-0.39, 0.29) is 11.3 Å². The molecule has 0 radical (unpaired) electrons. The number of carbonyl (C=O) groups is 2. The number of ether oxygens (including phenoxy) is 1. The molecule has 2 aromatic rings. The third kappa shape index (κ3) is 2.69. The monoisotopic (exact) mass is 274 g/mol. The van der Waals surface area contributed by atoms with Crippen molar-refractivity contribution in [3.8, 4) is 0 Å². The second-order valence-corrected chi connectivity index (χ2v) is 4.26. The molecule has 0 aliphatic heterocycles. The fourth-order valence-electron chi connectivity index (χ4n) is 1.74. The lowest BCUT2D eigenvalue weighted by Gasteiger charge is -2.09. The predicted molar refractivity (Wildman–Crippen MR) is 71.7 cm³/mol. The Morgan fingerprint density at radius 2 is 2.05 bits per heavy atom. The molecule has 0 spiro atoms. The molecule has 1 aromatic carbocycles. The predicted octanol–water partition coefficient (Wildman–Crippen LogP) is 2.33. The van der Waals surface area contributed by atoms with Gasteiger partial charge in [0, 0.05) is 0 Å². The number of aryl methyl sites for hydroxylation is 2. The van der Waals surface area contributed by atoms with Crippen LogP contribution in [0.15, 0.2) is 29.0 Å². The molecule has 1 N–H and O–H groups in total. The summed E-state index contributed by atoms with van der Waals surface area (Å²) in [7, 11) is 1.29. The van der Waals surface area contributed by atoms with E-state index in [1.54, 1.807) is 25.1 Å². The van der Waals surface area contributed by atoms with Crippen molar-refractivity contribution in [2.45, 2.75) is 13.8 Å². The zero-order chi connectivity index (χ0) is 14.7. The Balaban J connectivity index is 2.32. The standard InChI is InChI=1S/C14H14N2O4/c1-8-4-5-11(10(6-8)14(18)19-3)16-13(17)12-9(2)15-7-20-12/h4-7H,1-3H3,(H,16,17). The summed E-state index contributed by atoms with van der Waals surface area (Å²) in [5.74, 6) is -0.867. The molecular weight excluding hydrogens is 260 g/mol. The molecule has 0 aliphatic carbocycles. The van der Waals surface area contributed by atoms with Gasteiger partial charge in [-0.05, 0) is 26.0 Å². The van der Waals surface area contributed by atoms with Gasteiger partial charge in [-0.1, -0.05) is 11.6 Å². The maximum absolute atomic E-state index is 12.0. The van der Waals surface area contributed by atoms with E-state index in [0.717, 1.165) is 5.56 Å². The molecule has 1 amide bonds. The summed E-state index contributed by atoms with van der Waals surface area (Å²) in [5, 5.41) is 2.62. The molecule has 1 aromatic heterocycles. The van der Waals surface area contributed by atoms with Crippen molar-refractivity contribution in [2.75, 3.05) is 12.4 Å². The molecule has 104 valence electrons. The normalized spacial score (nSPS) is 10.2. The number of anilines is 1. The lowest BCUT2D eigenvalue weighted by atomic mass is 10.1. The van der Waals surface area contributed by atoms with Gasteiger partial charge in [-0.3, -0.25) is 4.79 Å². The molecule has 6 heteroatoms. The number of rotatable bonds is 3. The third-order valence-corrected chi connectivity index (χ3v) is 2.78. The summed E-state index contributed by atoms with van der Waals surface area (Å²) in [6.45, 7) is 3.51. The van der Waals surface area contributed by atoms with Gasteiger partial charge in [-0.15, -0.1) is 0 Å². The Kier molecular flexibility index (Phi) is 3.84. The molecule has 0 bridgehead atoms. The van der Waals surface area contributed by atoms with E-state index in [1.165, 1.54) is 13.5 Å². The van der Waals surface area contributed by atoms with Crippen LogP contribution in [0.3, 0.4) is 0 Å². The zero-order valence-electron chi connectivity index (χ0n) is 11.4. The van der Waals surface area contributed by atoms with Crippen LogP contribution in [0, 0.1) is 13.8 Å². The fraction of sp³-hybridized carbons (Fsp3) is 0.214. The molecule has 0 unspecified atom stereocenters. The molecule has 6 nitrogen and oxygen atoms in total. The summed E-state index contributed by atoms with van der Waals surface area (Å²) >= 11 is 0. The molecule has 0 saturated carbocycles. The van der Waals surface area contributed by atoms with Crippen molar-refractivity contribution in [1.29, 1.82) is 0 Å². The van der Waals surface area contributed by atoms with E-state index < -0.39 is 11.9 Å². The van der Waals surface area contributed by atoms with Gasteiger partial charge in [0.05, 0.1) is 24.1 Å². The number of amides is 1. The van der Waals surface area contributed by atoms with Crippen LogP contribution < -0.4 is 5.32 Å².